The van der Waals surface area contributed by atoms with Gasteiger partial charge in [-0.3, -0.25) is 0 Å². The van der Waals surface area contributed by atoms with Crippen molar-refractivity contribution in [2.45, 2.75) is 33.6 Å². The molecule has 0 heteroatoms. The Morgan fingerprint density at radius 2 is 1.41 bits per heavy atom. The van der Waals surface area contributed by atoms with Crippen molar-refractivity contribution in [2.24, 2.45) is 0 Å². The highest BCUT2D eigenvalue weighted by molar-refractivity contribution is 5.71. The summed E-state index contributed by atoms with van der Waals surface area (Å²) in [5.41, 5.74) is 6.83. The van der Waals surface area contributed by atoms with Crippen LogP contribution in [-0.2, 0) is 0 Å². The topological polar surface area (TPSA) is 0 Å². The molecule has 0 aromatic heterocycles. The van der Waals surface area contributed by atoms with E-state index in [-0.39, 0.29) is 0 Å². The maximum atomic E-state index is 2.34. The lowest BCUT2D eigenvalue weighted by Gasteiger charge is -2.13. The summed E-state index contributed by atoms with van der Waals surface area (Å²) in [6, 6.07) is 15.4. The second-order valence-corrected chi connectivity index (χ2v) is 5.04. The summed E-state index contributed by atoms with van der Waals surface area (Å²) in [5, 5.41) is 0. The summed E-state index contributed by atoms with van der Waals surface area (Å²) in [6.45, 7) is 8.85. The van der Waals surface area contributed by atoms with Crippen molar-refractivity contribution < 1.29 is 0 Å². The van der Waals surface area contributed by atoms with Crippen LogP contribution in [0, 0.1) is 13.8 Å². The molecule has 0 nitrogen and oxygen atoms in total. The zero-order valence-electron chi connectivity index (χ0n) is 11.1. The van der Waals surface area contributed by atoms with Crippen molar-refractivity contribution in [1.29, 1.82) is 0 Å². The Kier molecular flexibility index (Phi) is 3.33. The minimum atomic E-state index is 0.582. The molecule has 0 saturated heterocycles. The van der Waals surface area contributed by atoms with Gasteiger partial charge in [-0.2, -0.15) is 0 Å². The van der Waals surface area contributed by atoms with Gasteiger partial charge < -0.3 is 0 Å². The fourth-order valence-electron chi connectivity index (χ4n) is 2.16. The Morgan fingerprint density at radius 3 is 2.06 bits per heavy atom. The number of hydrogen-bond acceptors (Lipinski definition) is 0. The van der Waals surface area contributed by atoms with E-state index in [4.69, 9.17) is 0 Å². The van der Waals surface area contributed by atoms with E-state index in [0.717, 1.165) is 0 Å². The van der Waals surface area contributed by atoms with Crippen LogP contribution in [0.2, 0.25) is 0 Å². The highest BCUT2D eigenvalue weighted by Gasteiger charge is 2.07. The minimum Gasteiger partial charge on any atom is -0.0620 e. The van der Waals surface area contributed by atoms with E-state index in [1.165, 1.54) is 27.8 Å². The zero-order chi connectivity index (χ0) is 12.4. The van der Waals surface area contributed by atoms with Gasteiger partial charge in [-0.25, -0.2) is 0 Å². The average Bonchev–Trinajstić information content (AvgIpc) is 2.30. The summed E-state index contributed by atoms with van der Waals surface area (Å²) >= 11 is 0. The van der Waals surface area contributed by atoms with Crippen molar-refractivity contribution in [2.75, 3.05) is 0 Å². The van der Waals surface area contributed by atoms with Crippen molar-refractivity contribution in [3.63, 3.8) is 0 Å². The largest absolute Gasteiger partial charge is 0.0620 e. The minimum absolute atomic E-state index is 0.582. The molecule has 2 aromatic rings. The molecule has 0 atom stereocenters. The van der Waals surface area contributed by atoms with Gasteiger partial charge in [-0.05, 0) is 47.6 Å². The van der Waals surface area contributed by atoms with Gasteiger partial charge in [0.1, 0.15) is 0 Å². The first-order chi connectivity index (χ1) is 8.09. The molecule has 0 amide bonds. The van der Waals surface area contributed by atoms with E-state index in [1.54, 1.807) is 0 Å². The highest BCUT2D eigenvalue weighted by Crippen LogP contribution is 2.29. The fraction of sp³-hybridized carbons (Fsp3) is 0.294. The van der Waals surface area contributed by atoms with Gasteiger partial charge in [0.15, 0.2) is 0 Å². The molecule has 0 fully saturated rings. The Balaban J connectivity index is 2.59. The van der Waals surface area contributed by atoms with E-state index in [2.05, 4.69) is 70.2 Å². The van der Waals surface area contributed by atoms with Crippen LogP contribution in [0.3, 0.4) is 0 Å². The van der Waals surface area contributed by atoms with Crippen LogP contribution in [0.25, 0.3) is 11.1 Å². The van der Waals surface area contributed by atoms with Crippen LogP contribution in [0.4, 0.5) is 0 Å². The maximum Gasteiger partial charge on any atom is -0.0149 e. The molecule has 0 bridgehead atoms. The van der Waals surface area contributed by atoms with E-state index < -0.39 is 0 Å². The third-order valence-electron chi connectivity index (χ3n) is 3.36. The van der Waals surface area contributed by atoms with Gasteiger partial charge in [0.05, 0.1) is 0 Å². The zero-order valence-corrected chi connectivity index (χ0v) is 11.1. The average molecular weight is 224 g/mol. The van der Waals surface area contributed by atoms with Crippen LogP contribution in [0.5, 0.6) is 0 Å². The van der Waals surface area contributed by atoms with E-state index in [1.807, 2.05) is 0 Å². The fourth-order valence-corrected chi connectivity index (χ4v) is 2.16. The van der Waals surface area contributed by atoms with Crippen LogP contribution in [-0.4, -0.2) is 0 Å². The number of aryl methyl sites for hydroxylation is 2. The summed E-state index contributed by atoms with van der Waals surface area (Å²) in [5.74, 6) is 0.582. The van der Waals surface area contributed by atoms with E-state index >= 15 is 0 Å². The number of benzene rings is 2. The molecule has 0 aliphatic heterocycles. The Labute approximate surface area is 104 Å². The van der Waals surface area contributed by atoms with Gasteiger partial charge >= 0.3 is 0 Å². The van der Waals surface area contributed by atoms with Crippen LogP contribution >= 0.6 is 0 Å². The predicted octanol–water partition coefficient (Wildman–Crippen LogP) is 5.09. The molecular weight excluding hydrogens is 204 g/mol. The molecule has 88 valence electrons. The summed E-state index contributed by atoms with van der Waals surface area (Å²) in [6.07, 6.45) is 0. The van der Waals surface area contributed by atoms with Crippen molar-refractivity contribution in [3.8, 4) is 11.1 Å². The van der Waals surface area contributed by atoms with E-state index in [9.17, 15) is 0 Å². The molecule has 0 saturated carbocycles. The molecule has 0 spiro atoms. The lowest BCUT2D eigenvalue weighted by Crippen LogP contribution is -1.92. The standard InChI is InChI=1S/C17H20/c1-12(2)15-10-9-14(4)17(11-15)16-8-6-5-7-13(16)3/h5-12H,1-4H3. The lowest BCUT2D eigenvalue weighted by atomic mass is 9.92. The number of hydrogen-bond donors (Lipinski definition) is 0. The molecule has 0 unspecified atom stereocenters. The lowest BCUT2D eigenvalue weighted by molar-refractivity contribution is 0.866. The van der Waals surface area contributed by atoms with Crippen molar-refractivity contribution >= 4 is 0 Å². The summed E-state index contributed by atoms with van der Waals surface area (Å²) in [4.78, 5) is 0. The Morgan fingerprint density at radius 1 is 0.765 bits per heavy atom. The third kappa shape index (κ3) is 2.41. The Hall–Kier alpha value is -1.56. The molecule has 0 radical (unpaired) electrons. The second-order valence-electron chi connectivity index (χ2n) is 5.04. The van der Waals surface area contributed by atoms with Crippen LogP contribution in [0.15, 0.2) is 42.5 Å². The van der Waals surface area contributed by atoms with Crippen molar-refractivity contribution in [1.82, 2.24) is 0 Å². The molecule has 0 aliphatic rings. The molecule has 17 heavy (non-hydrogen) atoms. The molecule has 0 heterocycles. The monoisotopic (exact) mass is 224 g/mol. The summed E-state index contributed by atoms with van der Waals surface area (Å²) in [7, 11) is 0. The SMILES string of the molecule is Cc1ccccc1-c1cc(C(C)C)ccc1C. The summed E-state index contributed by atoms with van der Waals surface area (Å²) < 4.78 is 0. The van der Waals surface area contributed by atoms with Gasteiger partial charge in [0.25, 0.3) is 0 Å². The normalized spacial score (nSPS) is 10.9. The van der Waals surface area contributed by atoms with Gasteiger partial charge in [-0.1, -0.05) is 56.3 Å². The Bertz CT molecular complexity index is 521. The third-order valence-corrected chi connectivity index (χ3v) is 3.36. The molecule has 0 aliphatic carbocycles. The van der Waals surface area contributed by atoms with Gasteiger partial charge in [0, 0.05) is 0 Å². The van der Waals surface area contributed by atoms with Crippen LogP contribution < -0.4 is 0 Å². The first-order valence-corrected chi connectivity index (χ1v) is 6.26. The highest BCUT2D eigenvalue weighted by atomic mass is 14.1. The molecule has 2 aromatic carbocycles. The van der Waals surface area contributed by atoms with Crippen molar-refractivity contribution in [3.05, 3.63) is 59.2 Å². The molecule has 2 rings (SSSR count). The van der Waals surface area contributed by atoms with E-state index in [0.29, 0.717) is 5.92 Å². The first-order valence-electron chi connectivity index (χ1n) is 6.26. The maximum absolute atomic E-state index is 2.34. The number of rotatable bonds is 2. The molecular formula is C17H20. The smallest absolute Gasteiger partial charge is 0.0149 e. The van der Waals surface area contributed by atoms with Crippen LogP contribution in [0.1, 0.15) is 36.5 Å². The van der Waals surface area contributed by atoms with Gasteiger partial charge in [0.2, 0.25) is 0 Å². The second kappa shape index (κ2) is 4.75. The molecule has 0 N–H and O–H groups in total. The predicted molar refractivity (Wildman–Crippen MR) is 75.4 cm³/mol. The quantitative estimate of drug-likeness (QED) is 0.666. The first kappa shape index (κ1) is 11.9. The van der Waals surface area contributed by atoms with Gasteiger partial charge in [-0.15, -0.1) is 0 Å².